The van der Waals surface area contributed by atoms with Crippen molar-refractivity contribution in [3.8, 4) is 0 Å². The van der Waals surface area contributed by atoms with E-state index in [-0.39, 0.29) is 17.0 Å². The Morgan fingerprint density at radius 3 is 2.12 bits per heavy atom. The highest BCUT2D eigenvalue weighted by atomic mass is 16.2. The fraction of sp³-hybridized carbons (Fsp3) is 0.769. The summed E-state index contributed by atoms with van der Waals surface area (Å²) < 4.78 is 0. The number of hydrazine groups is 1. The van der Waals surface area contributed by atoms with Crippen LogP contribution < -0.4 is 5.43 Å². The number of amides is 1. The number of carbonyl (C=O) groups is 1. The molecule has 0 aliphatic carbocycles. The molecule has 1 fully saturated rings. The monoisotopic (exact) mass is 224 g/mol. The lowest BCUT2D eigenvalue weighted by atomic mass is 9.81. The Morgan fingerprint density at radius 2 is 1.69 bits per heavy atom. The molecule has 1 aliphatic rings. The summed E-state index contributed by atoms with van der Waals surface area (Å²) in [6, 6.07) is 0. The van der Waals surface area contributed by atoms with Crippen LogP contribution in [0, 0.1) is 0 Å². The Kier molecular flexibility index (Phi) is 3.79. The molecule has 0 spiro atoms. The van der Waals surface area contributed by atoms with Crippen LogP contribution in [0.2, 0.25) is 0 Å². The Labute approximate surface area is 98.9 Å². The summed E-state index contributed by atoms with van der Waals surface area (Å²) in [7, 11) is 0. The van der Waals surface area contributed by atoms with Gasteiger partial charge in [-0.05, 0) is 60.0 Å². The standard InChI is InChI=1S/C13H24N2O/c1-6-8-11(16)14-15-12(2,3)9-7-10-13(15,4)5/h6,8H,7,9-10H2,1-5H3,(H,14,16)/b8-6+. The van der Waals surface area contributed by atoms with E-state index in [0.29, 0.717) is 0 Å². The molecule has 1 saturated heterocycles. The van der Waals surface area contributed by atoms with Crippen LogP contribution in [0.15, 0.2) is 12.2 Å². The first kappa shape index (κ1) is 13.2. The van der Waals surface area contributed by atoms with Crippen LogP contribution in [0.25, 0.3) is 0 Å². The second-order valence-electron chi connectivity index (χ2n) is 5.79. The van der Waals surface area contributed by atoms with Gasteiger partial charge in [0, 0.05) is 11.1 Å². The molecule has 1 amide bonds. The minimum absolute atomic E-state index is 0.0268. The molecule has 16 heavy (non-hydrogen) atoms. The van der Waals surface area contributed by atoms with E-state index in [4.69, 9.17) is 0 Å². The lowest BCUT2D eigenvalue weighted by Crippen LogP contribution is -2.65. The maximum Gasteiger partial charge on any atom is 0.257 e. The normalized spacial score (nSPS) is 24.6. The third-order valence-corrected chi connectivity index (χ3v) is 3.33. The molecule has 1 heterocycles. The minimum Gasteiger partial charge on any atom is -0.284 e. The lowest BCUT2D eigenvalue weighted by Gasteiger charge is -2.52. The van der Waals surface area contributed by atoms with Crippen LogP contribution in [0.4, 0.5) is 0 Å². The molecule has 0 atom stereocenters. The van der Waals surface area contributed by atoms with Crippen molar-refractivity contribution in [2.24, 2.45) is 0 Å². The average Bonchev–Trinajstić information content (AvgIpc) is 2.11. The number of carbonyl (C=O) groups excluding carboxylic acids is 1. The summed E-state index contributed by atoms with van der Waals surface area (Å²) in [5.41, 5.74) is 3.06. The Hall–Kier alpha value is -0.830. The number of allylic oxidation sites excluding steroid dienone is 1. The third kappa shape index (κ3) is 2.85. The molecule has 0 aromatic rings. The highest BCUT2D eigenvalue weighted by Crippen LogP contribution is 2.36. The summed E-state index contributed by atoms with van der Waals surface area (Å²) >= 11 is 0. The summed E-state index contributed by atoms with van der Waals surface area (Å²) in [4.78, 5) is 11.6. The van der Waals surface area contributed by atoms with E-state index in [1.807, 2.05) is 6.92 Å². The van der Waals surface area contributed by atoms with Gasteiger partial charge in [-0.15, -0.1) is 0 Å². The van der Waals surface area contributed by atoms with Crippen molar-refractivity contribution < 1.29 is 4.79 Å². The van der Waals surface area contributed by atoms with Crippen LogP contribution >= 0.6 is 0 Å². The maximum absolute atomic E-state index is 11.6. The molecule has 1 N–H and O–H groups in total. The quantitative estimate of drug-likeness (QED) is 0.731. The first-order valence-electron chi connectivity index (χ1n) is 6.03. The summed E-state index contributed by atoms with van der Waals surface area (Å²) in [6.45, 7) is 10.6. The van der Waals surface area contributed by atoms with Gasteiger partial charge in [-0.2, -0.15) is 0 Å². The summed E-state index contributed by atoms with van der Waals surface area (Å²) in [6.07, 6.45) is 6.79. The molecule has 0 bridgehead atoms. The first-order valence-corrected chi connectivity index (χ1v) is 6.03. The van der Waals surface area contributed by atoms with E-state index in [0.717, 1.165) is 12.8 Å². The molecule has 0 unspecified atom stereocenters. The molecule has 0 aromatic heterocycles. The molecule has 0 saturated carbocycles. The zero-order valence-corrected chi connectivity index (χ0v) is 11.1. The van der Waals surface area contributed by atoms with E-state index < -0.39 is 0 Å². The van der Waals surface area contributed by atoms with Gasteiger partial charge in [-0.25, -0.2) is 5.01 Å². The molecular weight excluding hydrogens is 200 g/mol. The SMILES string of the molecule is C/C=C/C(=O)NN1C(C)(C)CCCC1(C)C. The van der Waals surface area contributed by atoms with Gasteiger partial charge in [0.05, 0.1) is 0 Å². The Morgan fingerprint density at radius 1 is 1.19 bits per heavy atom. The largest absolute Gasteiger partial charge is 0.284 e. The zero-order chi connectivity index (χ0) is 12.4. The highest BCUT2D eigenvalue weighted by Gasteiger charge is 2.41. The Bertz CT molecular complexity index is 276. The van der Waals surface area contributed by atoms with Crippen LogP contribution in [-0.4, -0.2) is 22.0 Å². The molecule has 3 nitrogen and oxygen atoms in total. The summed E-state index contributed by atoms with van der Waals surface area (Å²) in [5, 5.41) is 2.12. The number of nitrogens with zero attached hydrogens (tertiary/aromatic N) is 1. The minimum atomic E-state index is -0.0365. The van der Waals surface area contributed by atoms with Gasteiger partial charge in [0.1, 0.15) is 0 Å². The van der Waals surface area contributed by atoms with Gasteiger partial charge < -0.3 is 0 Å². The van der Waals surface area contributed by atoms with Crippen molar-refractivity contribution in [1.29, 1.82) is 0 Å². The van der Waals surface area contributed by atoms with E-state index in [1.54, 1.807) is 12.2 Å². The van der Waals surface area contributed by atoms with Gasteiger partial charge in [0.2, 0.25) is 0 Å². The van der Waals surface area contributed by atoms with Crippen molar-refractivity contribution in [2.75, 3.05) is 0 Å². The third-order valence-electron chi connectivity index (χ3n) is 3.33. The molecule has 0 radical (unpaired) electrons. The lowest BCUT2D eigenvalue weighted by molar-refractivity contribution is -0.134. The fourth-order valence-corrected chi connectivity index (χ4v) is 2.60. The van der Waals surface area contributed by atoms with Gasteiger partial charge in [-0.1, -0.05) is 6.08 Å². The van der Waals surface area contributed by atoms with E-state index in [1.165, 1.54) is 6.42 Å². The van der Waals surface area contributed by atoms with Crippen LogP contribution in [0.5, 0.6) is 0 Å². The molecule has 1 rings (SSSR count). The Balaban J connectivity index is 2.83. The number of piperidine rings is 1. The van der Waals surface area contributed by atoms with Crippen molar-refractivity contribution in [3.05, 3.63) is 12.2 Å². The molecule has 3 heteroatoms. The first-order chi connectivity index (χ1) is 7.29. The smallest absolute Gasteiger partial charge is 0.257 e. The van der Waals surface area contributed by atoms with Gasteiger partial charge in [0.15, 0.2) is 0 Å². The molecule has 92 valence electrons. The van der Waals surface area contributed by atoms with Gasteiger partial charge in [0.25, 0.3) is 5.91 Å². The highest BCUT2D eigenvalue weighted by molar-refractivity contribution is 5.87. The number of hydrogen-bond acceptors (Lipinski definition) is 2. The predicted molar refractivity (Wildman–Crippen MR) is 66.8 cm³/mol. The molecule has 0 aromatic carbocycles. The second-order valence-corrected chi connectivity index (χ2v) is 5.79. The van der Waals surface area contributed by atoms with Crippen molar-refractivity contribution in [1.82, 2.24) is 10.4 Å². The number of nitrogens with one attached hydrogen (secondary N) is 1. The molecule has 1 aliphatic heterocycles. The second kappa shape index (κ2) is 4.58. The van der Waals surface area contributed by atoms with Crippen molar-refractivity contribution in [2.45, 2.75) is 65.0 Å². The van der Waals surface area contributed by atoms with Crippen LogP contribution in [-0.2, 0) is 4.79 Å². The molecular formula is C13H24N2O. The number of hydrogen-bond donors (Lipinski definition) is 1. The zero-order valence-electron chi connectivity index (χ0n) is 11.1. The van der Waals surface area contributed by atoms with Crippen molar-refractivity contribution in [3.63, 3.8) is 0 Å². The van der Waals surface area contributed by atoms with Crippen LogP contribution in [0.1, 0.15) is 53.9 Å². The van der Waals surface area contributed by atoms with E-state index in [2.05, 4.69) is 38.1 Å². The average molecular weight is 224 g/mol. The topological polar surface area (TPSA) is 32.3 Å². The maximum atomic E-state index is 11.6. The van der Waals surface area contributed by atoms with E-state index >= 15 is 0 Å². The predicted octanol–water partition coefficient (Wildman–Crippen LogP) is 2.64. The van der Waals surface area contributed by atoms with Crippen molar-refractivity contribution >= 4 is 5.91 Å². The van der Waals surface area contributed by atoms with Crippen LogP contribution in [0.3, 0.4) is 0 Å². The van der Waals surface area contributed by atoms with E-state index in [9.17, 15) is 4.79 Å². The number of rotatable bonds is 2. The van der Waals surface area contributed by atoms with Gasteiger partial charge in [-0.3, -0.25) is 10.2 Å². The van der Waals surface area contributed by atoms with Gasteiger partial charge >= 0.3 is 0 Å². The summed E-state index contributed by atoms with van der Waals surface area (Å²) in [5.74, 6) is -0.0365. The fourth-order valence-electron chi connectivity index (χ4n) is 2.60.